The van der Waals surface area contributed by atoms with Gasteiger partial charge in [-0.25, -0.2) is 4.68 Å². The van der Waals surface area contributed by atoms with Gasteiger partial charge in [-0.15, -0.1) is 0 Å². The molecule has 7 heteroatoms. The molecule has 1 N–H and O–H groups in total. The molecule has 3 rings (SSSR count). The Labute approximate surface area is 175 Å². The van der Waals surface area contributed by atoms with Gasteiger partial charge < -0.3 is 10.2 Å². The van der Waals surface area contributed by atoms with E-state index in [0.29, 0.717) is 22.5 Å². The molecule has 0 saturated heterocycles. The molecule has 1 heterocycles. The lowest BCUT2D eigenvalue weighted by atomic mass is 10.1. The molecule has 0 fully saturated rings. The number of aromatic nitrogens is 2. The average molecular weight is 404 g/mol. The van der Waals surface area contributed by atoms with Gasteiger partial charge in [0, 0.05) is 26.2 Å². The third-order valence-corrected chi connectivity index (χ3v) is 4.92. The summed E-state index contributed by atoms with van der Waals surface area (Å²) in [4.78, 5) is 38.8. The number of Topliss-reactive ketones (excluding diaryl/α,β-unsaturated/α-hetero) is 1. The molecule has 0 aliphatic heterocycles. The largest absolute Gasteiger partial charge is 0.355 e. The lowest BCUT2D eigenvalue weighted by molar-refractivity contribution is -0.125. The molecule has 3 aromatic rings. The van der Waals surface area contributed by atoms with Crippen molar-refractivity contribution >= 4 is 17.6 Å². The highest BCUT2D eigenvalue weighted by molar-refractivity contribution is 6.43. The molecule has 0 unspecified atom stereocenters. The third kappa shape index (κ3) is 4.15. The molecular formula is C23H24N4O3. The normalized spacial score (nSPS) is 10.5. The summed E-state index contributed by atoms with van der Waals surface area (Å²) in [6, 6.07) is 16.4. The highest BCUT2D eigenvalue weighted by Crippen LogP contribution is 2.19. The van der Waals surface area contributed by atoms with Crippen LogP contribution in [0.5, 0.6) is 0 Å². The number of nitrogens with one attached hydrogen (secondary N) is 1. The molecule has 7 nitrogen and oxygen atoms in total. The minimum Gasteiger partial charge on any atom is -0.355 e. The van der Waals surface area contributed by atoms with E-state index in [-0.39, 0.29) is 12.5 Å². The SMILES string of the molecule is CNC(=O)c1ccc(CN(C)C(=O)C(=O)c2c(C)nn(-c3ccccc3)c2C)cc1. The van der Waals surface area contributed by atoms with Crippen LogP contribution in [-0.4, -0.2) is 46.4 Å². The van der Waals surface area contributed by atoms with E-state index in [1.807, 2.05) is 30.3 Å². The van der Waals surface area contributed by atoms with E-state index in [4.69, 9.17) is 0 Å². The fraction of sp³-hybridized carbons (Fsp3) is 0.217. The molecule has 0 radical (unpaired) electrons. The maximum atomic E-state index is 12.9. The summed E-state index contributed by atoms with van der Waals surface area (Å²) in [6.45, 7) is 3.76. The predicted octanol–water partition coefficient (Wildman–Crippen LogP) is 2.69. The van der Waals surface area contributed by atoms with Crippen molar-refractivity contribution in [3.8, 4) is 5.69 Å². The molecule has 0 bridgehead atoms. The monoisotopic (exact) mass is 404 g/mol. The second-order valence-corrected chi connectivity index (χ2v) is 7.06. The standard InChI is InChI=1S/C23H24N4O3/c1-15-20(16(2)27(25-15)19-8-6-5-7-9-19)21(28)23(30)26(4)14-17-10-12-18(13-11-17)22(29)24-3/h5-13H,14H2,1-4H3,(H,24,29). The molecule has 0 spiro atoms. The van der Waals surface area contributed by atoms with Crippen molar-refractivity contribution in [2.24, 2.45) is 0 Å². The number of carbonyl (C=O) groups is 3. The van der Waals surface area contributed by atoms with Crippen LogP contribution in [0.15, 0.2) is 54.6 Å². The van der Waals surface area contributed by atoms with Gasteiger partial charge in [0.05, 0.1) is 22.6 Å². The first-order valence-electron chi connectivity index (χ1n) is 9.56. The molecular weight excluding hydrogens is 380 g/mol. The number of rotatable bonds is 6. The Balaban J connectivity index is 1.78. The summed E-state index contributed by atoms with van der Waals surface area (Å²) in [5.41, 5.74) is 3.64. The van der Waals surface area contributed by atoms with E-state index >= 15 is 0 Å². The van der Waals surface area contributed by atoms with E-state index in [0.717, 1.165) is 11.3 Å². The maximum Gasteiger partial charge on any atom is 0.295 e. The highest BCUT2D eigenvalue weighted by atomic mass is 16.2. The minimum absolute atomic E-state index is 0.178. The Bertz CT molecular complexity index is 1090. The van der Waals surface area contributed by atoms with Crippen LogP contribution < -0.4 is 5.32 Å². The fourth-order valence-corrected chi connectivity index (χ4v) is 3.32. The van der Waals surface area contributed by atoms with Crippen molar-refractivity contribution in [1.82, 2.24) is 20.0 Å². The number of para-hydroxylation sites is 1. The van der Waals surface area contributed by atoms with Crippen LogP contribution in [0.25, 0.3) is 5.69 Å². The van der Waals surface area contributed by atoms with Crippen molar-refractivity contribution < 1.29 is 14.4 Å². The van der Waals surface area contributed by atoms with Gasteiger partial charge in [0.2, 0.25) is 0 Å². The van der Waals surface area contributed by atoms with E-state index in [2.05, 4.69) is 10.4 Å². The van der Waals surface area contributed by atoms with Crippen molar-refractivity contribution in [3.05, 3.63) is 82.7 Å². The van der Waals surface area contributed by atoms with Crippen LogP contribution in [-0.2, 0) is 11.3 Å². The van der Waals surface area contributed by atoms with Crippen molar-refractivity contribution in [2.45, 2.75) is 20.4 Å². The number of nitrogens with zero attached hydrogens (tertiary/aromatic N) is 3. The number of carbonyl (C=O) groups excluding carboxylic acids is 3. The second-order valence-electron chi connectivity index (χ2n) is 7.06. The van der Waals surface area contributed by atoms with Gasteiger partial charge in [0.1, 0.15) is 0 Å². The van der Waals surface area contributed by atoms with E-state index in [9.17, 15) is 14.4 Å². The van der Waals surface area contributed by atoms with Gasteiger partial charge in [0.25, 0.3) is 17.6 Å². The van der Waals surface area contributed by atoms with E-state index < -0.39 is 11.7 Å². The summed E-state index contributed by atoms with van der Waals surface area (Å²) >= 11 is 0. The summed E-state index contributed by atoms with van der Waals surface area (Å²) in [5, 5.41) is 7.01. The Kier molecular flexibility index (Phi) is 6.11. The van der Waals surface area contributed by atoms with Crippen LogP contribution in [0.1, 0.15) is 37.7 Å². The molecule has 0 aliphatic rings. The van der Waals surface area contributed by atoms with Gasteiger partial charge in [-0.3, -0.25) is 14.4 Å². The molecule has 0 atom stereocenters. The van der Waals surface area contributed by atoms with Crippen molar-refractivity contribution in [2.75, 3.05) is 14.1 Å². The first-order valence-corrected chi connectivity index (χ1v) is 9.56. The minimum atomic E-state index is -0.607. The number of amides is 2. The van der Waals surface area contributed by atoms with E-state index in [1.54, 1.807) is 56.9 Å². The molecule has 30 heavy (non-hydrogen) atoms. The predicted molar refractivity (Wildman–Crippen MR) is 114 cm³/mol. The number of aryl methyl sites for hydroxylation is 1. The summed E-state index contributed by atoms with van der Waals surface area (Å²) in [7, 11) is 3.15. The molecule has 0 saturated carbocycles. The Hall–Kier alpha value is -3.74. The van der Waals surface area contributed by atoms with Crippen molar-refractivity contribution in [1.29, 1.82) is 0 Å². The van der Waals surface area contributed by atoms with Gasteiger partial charge in [-0.05, 0) is 43.7 Å². The molecule has 154 valence electrons. The number of hydrogen-bond donors (Lipinski definition) is 1. The smallest absolute Gasteiger partial charge is 0.295 e. The third-order valence-electron chi connectivity index (χ3n) is 4.92. The molecule has 1 aromatic heterocycles. The zero-order valence-corrected chi connectivity index (χ0v) is 17.5. The lowest BCUT2D eigenvalue weighted by Gasteiger charge is -2.17. The fourth-order valence-electron chi connectivity index (χ4n) is 3.32. The first-order chi connectivity index (χ1) is 14.3. The number of hydrogen-bond acceptors (Lipinski definition) is 4. The average Bonchev–Trinajstić information content (AvgIpc) is 3.07. The Morgan fingerprint density at radius 1 is 1.00 bits per heavy atom. The summed E-state index contributed by atoms with van der Waals surface area (Å²) in [6.07, 6.45) is 0. The van der Waals surface area contributed by atoms with Crippen LogP contribution in [0, 0.1) is 13.8 Å². The topological polar surface area (TPSA) is 84.3 Å². The van der Waals surface area contributed by atoms with Crippen LogP contribution >= 0.6 is 0 Å². The lowest BCUT2D eigenvalue weighted by Crippen LogP contribution is -2.33. The maximum absolute atomic E-state index is 12.9. The first kappa shape index (κ1) is 21.0. The van der Waals surface area contributed by atoms with Crippen molar-refractivity contribution in [3.63, 3.8) is 0 Å². The quantitative estimate of drug-likeness (QED) is 0.506. The van der Waals surface area contributed by atoms with Gasteiger partial charge in [0.15, 0.2) is 0 Å². The molecule has 0 aliphatic carbocycles. The van der Waals surface area contributed by atoms with Gasteiger partial charge in [-0.2, -0.15) is 5.10 Å². The molecule has 2 aromatic carbocycles. The summed E-state index contributed by atoms with van der Waals surface area (Å²) in [5.74, 6) is -1.37. The molecule has 2 amide bonds. The van der Waals surface area contributed by atoms with Gasteiger partial charge >= 0.3 is 0 Å². The van der Waals surface area contributed by atoms with Gasteiger partial charge in [-0.1, -0.05) is 30.3 Å². The Morgan fingerprint density at radius 3 is 2.23 bits per heavy atom. The number of likely N-dealkylation sites (N-methyl/N-ethyl adjacent to an activating group) is 1. The second kappa shape index (κ2) is 8.73. The van der Waals surface area contributed by atoms with Crippen LogP contribution in [0.4, 0.5) is 0 Å². The zero-order chi connectivity index (χ0) is 21.8. The number of benzene rings is 2. The summed E-state index contributed by atoms with van der Waals surface area (Å²) < 4.78 is 1.67. The van der Waals surface area contributed by atoms with Crippen LogP contribution in [0.2, 0.25) is 0 Å². The Morgan fingerprint density at radius 2 is 1.63 bits per heavy atom. The highest BCUT2D eigenvalue weighted by Gasteiger charge is 2.27. The number of ketones is 1. The zero-order valence-electron chi connectivity index (χ0n) is 17.5. The van der Waals surface area contributed by atoms with Crippen LogP contribution in [0.3, 0.4) is 0 Å². The van der Waals surface area contributed by atoms with E-state index in [1.165, 1.54) is 4.90 Å².